The van der Waals surface area contributed by atoms with Crippen LogP contribution in [-0.4, -0.2) is 14.6 Å². The third-order valence-electron chi connectivity index (χ3n) is 2.83. The van der Waals surface area contributed by atoms with Crippen LogP contribution in [0.1, 0.15) is 23.1 Å². The van der Waals surface area contributed by atoms with Gasteiger partial charge in [0.2, 0.25) is 0 Å². The fourth-order valence-electron chi connectivity index (χ4n) is 1.92. The number of benzene rings is 1. The van der Waals surface area contributed by atoms with E-state index in [2.05, 4.69) is 25.4 Å². The summed E-state index contributed by atoms with van der Waals surface area (Å²) in [5.41, 5.74) is 2.19. The van der Waals surface area contributed by atoms with Gasteiger partial charge in [0.1, 0.15) is 11.9 Å². The monoisotopic (exact) mass is 449 g/mol. The van der Waals surface area contributed by atoms with E-state index in [-0.39, 0.29) is 5.82 Å². The molecule has 1 unspecified atom stereocenters. The van der Waals surface area contributed by atoms with Gasteiger partial charge in [0.05, 0.1) is 5.69 Å². The number of aryl methyl sites for hydroxylation is 1. The molecule has 1 atom stereocenters. The Hall–Kier alpha value is -0.660. The Kier molecular flexibility index (Phi) is 5.40. The minimum Gasteiger partial charge on any atom is -0.386 e. The molecule has 1 aromatic carbocycles. The fourth-order valence-corrected chi connectivity index (χ4v) is 3.54. The predicted octanol–water partition coefficient (Wildman–Crippen LogP) is 4.14. The lowest BCUT2D eigenvalue weighted by Crippen LogP contribution is -2.06. The SMILES string of the molecule is C=Ic1cc(F)cc(CC(O)c2nc(C)ccc2Br)c1. The van der Waals surface area contributed by atoms with Crippen molar-refractivity contribution in [3.8, 4) is 0 Å². The molecule has 5 heteroatoms. The molecule has 0 saturated carbocycles. The molecule has 0 aliphatic carbocycles. The summed E-state index contributed by atoms with van der Waals surface area (Å²) in [6, 6.07) is 8.61. The van der Waals surface area contributed by atoms with Crippen LogP contribution in [-0.2, 0) is 6.42 Å². The summed E-state index contributed by atoms with van der Waals surface area (Å²) in [6.45, 7) is 1.87. The Morgan fingerprint density at radius 3 is 2.85 bits per heavy atom. The number of nitrogens with zero attached hydrogens (tertiary/aromatic N) is 1. The maximum atomic E-state index is 13.5. The Morgan fingerprint density at radius 2 is 2.15 bits per heavy atom. The molecule has 1 heterocycles. The van der Waals surface area contributed by atoms with Gasteiger partial charge in [-0.05, 0) is 58.7 Å². The topological polar surface area (TPSA) is 33.1 Å². The second kappa shape index (κ2) is 6.87. The standard InChI is InChI=1S/C15H14BrFINO/c1-9-3-4-13(16)15(19-9)14(20)7-10-5-11(17)8-12(6-10)18-2/h3-6,8,14,20H,2,7H2,1H3. The van der Waals surface area contributed by atoms with Crippen LogP contribution in [0, 0.1) is 16.3 Å². The minimum absolute atomic E-state index is 0.274. The zero-order valence-electron chi connectivity index (χ0n) is 10.9. The van der Waals surface area contributed by atoms with Crippen molar-refractivity contribution in [2.24, 2.45) is 0 Å². The molecule has 0 aliphatic heterocycles. The molecule has 0 radical (unpaired) electrons. The molecular weight excluding hydrogens is 436 g/mol. The molecule has 0 aliphatic rings. The summed E-state index contributed by atoms with van der Waals surface area (Å²) in [6.07, 6.45) is -0.425. The summed E-state index contributed by atoms with van der Waals surface area (Å²) in [5.74, 6) is -0.274. The maximum Gasteiger partial charge on any atom is 0.124 e. The van der Waals surface area contributed by atoms with Crippen LogP contribution in [0.25, 0.3) is 0 Å². The quantitative estimate of drug-likeness (QED) is 0.711. The van der Waals surface area contributed by atoms with Crippen LogP contribution in [0.4, 0.5) is 4.39 Å². The fraction of sp³-hybridized carbons (Fsp3) is 0.200. The van der Waals surface area contributed by atoms with E-state index in [1.807, 2.05) is 25.1 Å². The highest BCUT2D eigenvalue weighted by Gasteiger charge is 2.15. The highest BCUT2D eigenvalue weighted by molar-refractivity contribution is 14.2. The average Bonchev–Trinajstić information content (AvgIpc) is 2.40. The Bertz CT molecular complexity index is 648. The molecule has 2 nitrogen and oxygen atoms in total. The lowest BCUT2D eigenvalue weighted by atomic mass is 10.0. The molecule has 2 rings (SSSR count). The van der Waals surface area contributed by atoms with Gasteiger partial charge in [-0.15, -0.1) is 0 Å². The number of rotatable bonds is 4. The summed E-state index contributed by atoms with van der Waals surface area (Å²) in [7, 11) is 0. The summed E-state index contributed by atoms with van der Waals surface area (Å²) in [4.78, 5) is 4.34. The number of aliphatic hydroxyl groups is 1. The van der Waals surface area contributed by atoms with E-state index >= 15 is 0 Å². The summed E-state index contributed by atoms with van der Waals surface area (Å²) in [5, 5.41) is 10.3. The second-order valence-electron chi connectivity index (χ2n) is 4.45. The van der Waals surface area contributed by atoms with Crippen molar-refractivity contribution < 1.29 is 9.50 Å². The number of aliphatic hydroxyl groups excluding tert-OH is 1. The Morgan fingerprint density at radius 1 is 1.40 bits per heavy atom. The van der Waals surface area contributed by atoms with E-state index in [1.165, 1.54) is 12.1 Å². The highest BCUT2D eigenvalue weighted by Crippen LogP contribution is 2.26. The van der Waals surface area contributed by atoms with Gasteiger partial charge in [0.15, 0.2) is 0 Å². The zero-order valence-corrected chi connectivity index (χ0v) is 14.7. The van der Waals surface area contributed by atoms with Crippen molar-refractivity contribution in [3.05, 3.63) is 61.1 Å². The van der Waals surface area contributed by atoms with E-state index in [0.29, 0.717) is 12.1 Å². The number of hydrogen-bond acceptors (Lipinski definition) is 2. The molecule has 20 heavy (non-hydrogen) atoms. The predicted molar refractivity (Wildman–Crippen MR) is 91.6 cm³/mol. The lowest BCUT2D eigenvalue weighted by Gasteiger charge is -2.13. The molecule has 0 spiro atoms. The van der Waals surface area contributed by atoms with E-state index < -0.39 is 26.8 Å². The lowest BCUT2D eigenvalue weighted by molar-refractivity contribution is 0.172. The number of halogens is 3. The van der Waals surface area contributed by atoms with Crippen LogP contribution in [0.3, 0.4) is 0 Å². The van der Waals surface area contributed by atoms with Crippen LogP contribution < -0.4 is 0 Å². The molecule has 2 aromatic rings. The smallest absolute Gasteiger partial charge is 0.124 e. The molecule has 0 bridgehead atoms. The average molecular weight is 450 g/mol. The van der Waals surface area contributed by atoms with Crippen molar-refractivity contribution in [1.82, 2.24) is 4.98 Å². The van der Waals surface area contributed by atoms with Crippen molar-refractivity contribution in [1.29, 1.82) is 0 Å². The first-order valence-electron chi connectivity index (χ1n) is 5.98. The minimum atomic E-state index is -0.762. The van der Waals surface area contributed by atoms with Gasteiger partial charge in [0.25, 0.3) is 0 Å². The van der Waals surface area contributed by atoms with Gasteiger partial charge < -0.3 is 5.11 Å². The van der Waals surface area contributed by atoms with Gasteiger partial charge in [-0.25, -0.2) is 4.39 Å². The van der Waals surface area contributed by atoms with Gasteiger partial charge in [0, 0.05) is 20.2 Å². The van der Waals surface area contributed by atoms with Crippen LogP contribution in [0.5, 0.6) is 0 Å². The van der Waals surface area contributed by atoms with Gasteiger partial charge in [-0.3, -0.25) is 4.98 Å². The van der Waals surface area contributed by atoms with E-state index in [9.17, 15) is 9.50 Å². The van der Waals surface area contributed by atoms with Gasteiger partial charge in [-0.1, -0.05) is 25.2 Å². The largest absolute Gasteiger partial charge is 0.386 e. The van der Waals surface area contributed by atoms with E-state index in [1.54, 1.807) is 0 Å². The van der Waals surface area contributed by atoms with E-state index in [4.69, 9.17) is 0 Å². The van der Waals surface area contributed by atoms with E-state index in [0.717, 1.165) is 19.3 Å². The maximum absolute atomic E-state index is 13.5. The Labute approximate surface area is 135 Å². The third-order valence-corrected chi connectivity index (χ3v) is 5.01. The first-order valence-corrected chi connectivity index (χ1v) is 9.38. The second-order valence-corrected chi connectivity index (χ2v) is 7.31. The van der Waals surface area contributed by atoms with Gasteiger partial charge >= 0.3 is 0 Å². The summed E-state index contributed by atoms with van der Waals surface area (Å²) >= 11 is 2.97. The van der Waals surface area contributed by atoms with Crippen LogP contribution in [0.15, 0.2) is 34.8 Å². The first kappa shape index (κ1) is 15.7. The third kappa shape index (κ3) is 3.93. The van der Waals surface area contributed by atoms with Crippen molar-refractivity contribution in [2.45, 2.75) is 19.4 Å². The zero-order chi connectivity index (χ0) is 14.7. The molecule has 106 valence electrons. The molecule has 1 N–H and O–H groups in total. The first-order chi connectivity index (χ1) is 9.49. The molecule has 0 saturated heterocycles. The number of pyridine rings is 1. The van der Waals surface area contributed by atoms with Gasteiger partial charge in [-0.2, -0.15) is 0 Å². The molecule has 1 aromatic heterocycles. The van der Waals surface area contributed by atoms with Crippen molar-refractivity contribution >= 4 is 41.2 Å². The van der Waals surface area contributed by atoms with Crippen molar-refractivity contribution in [2.75, 3.05) is 0 Å². The highest BCUT2D eigenvalue weighted by atomic mass is 127. The van der Waals surface area contributed by atoms with Crippen LogP contribution in [0.2, 0.25) is 0 Å². The number of aromatic nitrogens is 1. The van der Waals surface area contributed by atoms with Crippen molar-refractivity contribution in [3.63, 3.8) is 0 Å². The molecule has 0 fully saturated rings. The number of hydrogen-bond donors (Lipinski definition) is 1. The Balaban J connectivity index is 2.27. The normalized spacial score (nSPS) is 12.4. The summed E-state index contributed by atoms with van der Waals surface area (Å²) < 4.78 is 19.0. The van der Waals surface area contributed by atoms with Crippen LogP contribution >= 0.6 is 36.7 Å². The molecule has 0 amide bonds. The molecular formula is C15H14BrFINO.